The summed E-state index contributed by atoms with van der Waals surface area (Å²) >= 11 is 0. The third-order valence-electron chi connectivity index (χ3n) is 4.93. The van der Waals surface area contributed by atoms with Crippen LogP contribution in [-0.2, 0) is 4.79 Å². The molecule has 4 nitrogen and oxygen atoms in total. The van der Waals surface area contributed by atoms with E-state index in [4.69, 9.17) is 5.73 Å². The van der Waals surface area contributed by atoms with E-state index in [1.54, 1.807) is 0 Å². The number of piperidine rings is 1. The van der Waals surface area contributed by atoms with Crippen LogP contribution in [0.2, 0.25) is 0 Å². The molecule has 2 unspecified atom stereocenters. The fourth-order valence-electron chi connectivity index (χ4n) is 3.27. The van der Waals surface area contributed by atoms with Crippen molar-refractivity contribution in [2.45, 2.75) is 58.9 Å². The van der Waals surface area contributed by atoms with Gasteiger partial charge in [-0.1, -0.05) is 20.8 Å². The number of hydrogen-bond acceptors (Lipinski definition) is 3. The molecule has 0 aliphatic carbocycles. The monoisotopic (exact) mass is 297 g/mol. The number of carbonyl (C=O) groups is 1. The number of rotatable bonds is 6. The number of nitrogens with zero attached hydrogens (tertiary/aromatic N) is 2. The fourth-order valence-corrected chi connectivity index (χ4v) is 3.27. The van der Waals surface area contributed by atoms with Crippen molar-refractivity contribution in [3.8, 4) is 0 Å². The van der Waals surface area contributed by atoms with Gasteiger partial charge in [0.15, 0.2) is 0 Å². The number of hydrogen-bond donors (Lipinski definition) is 1. The van der Waals surface area contributed by atoms with Crippen molar-refractivity contribution >= 4 is 5.91 Å². The van der Waals surface area contributed by atoms with Crippen LogP contribution in [0.15, 0.2) is 0 Å². The molecule has 4 heteroatoms. The summed E-state index contributed by atoms with van der Waals surface area (Å²) in [4.78, 5) is 16.8. The van der Waals surface area contributed by atoms with E-state index in [-0.39, 0.29) is 5.41 Å². The Kier molecular flexibility index (Phi) is 7.14. The van der Waals surface area contributed by atoms with Crippen LogP contribution in [0.5, 0.6) is 0 Å². The zero-order chi connectivity index (χ0) is 16.0. The molecular formula is C17H35N3O. The molecule has 1 saturated heterocycles. The molecule has 1 aliphatic rings. The lowest BCUT2D eigenvalue weighted by Gasteiger charge is -2.37. The standard InChI is InChI=1S/C17H35N3O/c1-17(2,3)14(10-11-18)8-9-16(21)20-12-6-7-15(13-20)19(4)5/h14-15H,6-13,18H2,1-5H3. The maximum Gasteiger partial charge on any atom is 0.222 e. The number of amides is 1. The van der Waals surface area contributed by atoms with Gasteiger partial charge in [-0.25, -0.2) is 0 Å². The SMILES string of the molecule is CN(C)C1CCCN(C(=O)CCC(CCN)C(C)(C)C)C1. The van der Waals surface area contributed by atoms with Gasteiger partial charge in [0, 0.05) is 25.6 Å². The zero-order valence-corrected chi connectivity index (χ0v) is 14.7. The fraction of sp³-hybridized carbons (Fsp3) is 0.941. The van der Waals surface area contributed by atoms with Crippen molar-refractivity contribution in [3.05, 3.63) is 0 Å². The van der Waals surface area contributed by atoms with Gasteiger partial charge in [0.25, 0.3) is 0 Å². The molecular weight excluding hydrogens is 262 g/mol. The summed E-state index contributed by atoms with van der Waals surface area (Å²) in [7, 11) is 4.21. The van der Waals surface area contributed by atoms with E-state index in [9.17, 15) is 4.79 Å². The highest BCUT2D eigenvalue weighted by molar-refractivity contribution is 5.76. The molecule has 0 spiro atoms. The average molecular weight is 297 g/mol. The quantitative estimate of drug-likeness (QED) is 0.818. The van der Waals surface area contributed by atoms with E-state index in [1.807, 2.05) is 0 Å². The van der Waals surface area contributed by atoms with E-state index in [2.05, 4.69) is 44.7 Å². The molecule has 1 fully saturated rings. The third kappa shape index (κ3) is 5.95. The second-order valence-corrected chi connectivity index (χ2v) is 7.78. The molecule has 0 aromatic carbocycles. The van der Waals surface area contributed by atoms with E-state index in [0.717, 1.165) is 32.4 Å². The Labute approximate surface area is 131 Å². The molecule has 0 bridgehead atoms. The normalized spacial score (nSPS) is 21.7. The van der Waals surface area contributed by atoms with Gasteiger partial charge < -0.3 is 15.5 Å². The molecule has 2 N–H and O–H groups in total. The van der Waals surface area contributed by atoms with Crippen LogP contribution in [0, 0.1) is 11.3 Å². The van der Waals surface area contributed by atoms with Crippen LogP contribution < -0.4 is 5.73 Å². The average Bonchev–Trinajstić information content (AvgIpc) is 2.42. The topological polar surface area (TPSA) is 49.6 Å². The highest BCUT2D eigenvalue weighted by Gasteiger charge is 2.28. The molecule has 1 amide bonds. The summed E-state index contributed by atoms with van der Waals surface area (Å²) in [6.45, 7) is 9.29. The second-order valence-electron chi connectivity index (χ2n) is 7.78. The van der Waals surface area contributed by atoms with Crippen molar-refractivity contribution in [1.29, 1.82) is 0 Å². The first-order chi connectivity index (χ1) is 9.75. The Morgan fingerprint density at radius 2 is 2.00 bits per heavy atom. The Morgan fingerprint density at radius 3 is 2.52 bits per heavy atom. The van der Waals surface area contributed by atoms with Gasteiger partial charge in [-0.3, -0.25) is 4.79 Å². The first kappa shape index (κ1) is 18.4. The predicted molar refractivity (Wildman–Crippen MR) is 89.1 cm³/mol. The Bertz CT molecular complexity index is 322. The molecule has 0 aromatic heterocycles. The highest BCUT2D eigenvalue weighted by atomic mass is 16.2. The second kappa shape index (κ2) is 8.14. The van der Waals surface area contributed by atoms with Crippen LogP contribution in [0.3, 0.4) is 0 Å². The minimum atomic E-state index is 0.230. The van der Waals surface area contributed by atoms with Crippen molar-refractivity contribution in [2.24, 2.45) is 17.1 Å². The summed E-state index contributed by atoms with van der Waals surface area (Å²) in [5, 5.41) is 0. The largest absolute Gasteiger partial charge is 0.341 e. The maximum absolute atomic E-state index is 12.5. The molecule has 0 aromatic rings. The number of carbonyl (C=O) groups excluding carboxylic acids is 1. The molecule has 124 valence electrons. The molecule has 21 heavy (non-hydrogen) atoms. The highest BCUT2D eigenvalue weighted by Crippen LogP contribution is 2.32. The summed E-state index contributed by atoms with van der Waals surface area (Å²) < 4.78 is 0. The Balaban J connectivity index is 2.48. The van der Waals surface area contributed by atoms with Gasteiger partial charge in [-0.15, -0.1) is 0 Å². The minimum absolute atomic E-state index is 0.230. The minimum Gasteiger partial charge on any atom is -0.341 e. The Morgan fingerprint density at radius 1 is 1.33 bits per heavy atom. The molecule has 2 atom stereocenters. The summed E-state index contributed by atoms with van der Waals surface area (Å²) in [5.41, 5.74) is 5.96. The van der Waals surface area contributed by atoms with Crippen molar-refractivity contribution in [2.75, 3.05) is 33.7 Å². The van der Waals surface area contributed by atoms with Crippen LogP contribution >= 0.6 is 0 Å². The van der Waals surface area contributed by atoms with Gasteiger partial charge in [0.2, 0.25) is 5.91 Å². The van der Waals surface area contributed by atoms with E-state index in [0.29, 0.717) is 30.8 Å². The summed E-state index contributed by atoms with van der Waals surface area (Å²) in [6, 6.07) is 0.519. The zero-order valence-electron chi connectivity index (χ0n) is 14.7. The van der Waals surface area contributed by atoms with E-state index < -0.39 is 0 Å². The van der Waals surface area contributed by atoms with Crippen molar-refractivity contribution < 1.29 is 4.79 Å². The lowest BCUT2D eigenvalue weighted by atomic mass is 9.76. The first-order valence-corrected chi connectivity index (χ1v) is 8.40. The molecule has 1 rings (SSSR count). The Hall–Kier alpha value is -0.610. The van der Waals surface area contributed by atoms with Crippen molar-refractivity contribution in [3.63, 3.8) is 0 Å². The predicted octanol–water partition coefficient (Wildman–Crippen LogP) is 2.33. The van der Waals surface area contributed by atoms with Gasteiger partial charge in [-0.05, 0) is 57.7 Å². The molecule has 1 aliphatic heterocycles. The molecule has 0 saturated carbocycles. The van der Waals surface area contributed by atoms with Crippen molar-refractivity contribution in [1.82, 2.24) is 9.80 Å². The van der Waals surface area contributed by atoms with Crippen LogP contribution in [0.25, 0.3) is 0 Å². The third-order valence-corrected chi connectivity index (χ3v) is 4.93. The van der Waals surface area contributed by atoms with Crippen LogP contribution in [0.1, 0.15) is 52.9 Å². The lowest BCUT2D eigenvalue weighted by Crippen LogP contribution is -2.47. The smallest absolute Gasteiger partial charge is 0.222 e. The van der Waals surface area contributed by atoms with Gasteiger partial charge >= 0.3 is 0 Å². The van der Waals surface area contributed by atoms with Gasteiger partial charge in [0.05, 0.1) is 0 Å². The van der Waals surface area contributed by atoms with Crippen LogP contribution in [-0.4, -0.2) is 55.5 Å². The maximum atomic E-state index is 12.5. The number of nitrogens with two attached hydrogens (primary N) is 1. The van der Waals surface area contributed by atoms with Gasteiger partial charge in [0.1, 0.15) is 0 Å². The van der Waals surface area contributed by atoms with Crippen LogP contribution in [0.4, 0.5) is 0 Å². The molecule has 0 radical (unpaired) electrons. The first-order valence-electron chi connectivity index (χ1n) is 8.40. The molecule has 1 heterocycles. The number of likely N-dealkylation sites (tertiary alicyclic amines) is 1. The lowest BCUT2D eigenvalue weighted by molar-refractivity contribution is -0.133. The number of likely N-dealkylation sites (N-methyl/N-ethyl adjacent to an activating group) is 1. The van der Waals surface area contributed by atoms with E-state index >= 15 is 0 Å². The van der Waals surface area contributed by atoms with E-state index in [1.165, 1.54) is 6.42 Å². The summed E-state index contributed by atoms with van der Waals surface area (Å²) in [6.07, 6.45) is 4.97. The summed E-state index contributed by atoms with van der Waals surface area (Å²) in [5.74, 6) is 0.855. The van der Waals surface area contributed by atoms with Gasteiger partial charge in [-0.2, -0.15) is 0 Å².